The molecule has 1 aliphatic rings. The summed E-state index contributed by atoms with van der Waals surface area (Å²) < 4.78 is 17.9. The van der Waals surface area contributed by atoms with E-state index in [1.807, 2.05) is 6.07 Å². The van der Waals surface area contributed by atoms with Crippen LogP contribution in [0.3, 0.4) is 0 Å². The van der Waals surface area contributed by atoms with Crippen LogP contribution in [0.1, 0.15) is 13.8 Å². The van der Waals surface area contributed by atoms with Crippen molar-refractivity contribution >= 4 is 11.0 Å². The second kappa shape index (κ2) is 2.86. The molecule has 76 valence electrons. The summed E-state index contributed by atoms with van der Waals surface area (Å²) in [5.41, 5.74) is 1.26. The zero-order valence-electron chi connectivity index (χ0n) is 9.03. The fraction of sp³-hybridized carbons (Fsp3) is 0.250. The first kappa shape index (κ1) is 7.51. The Morgan fingerprint density at radius 1 is 1.47 bits per heavy atom. The van der Waals surface area contributed by atoms with Crippen molar-refractivity contribution < 1.29 is 10.5 Å². The zero-order chi connectivity index (χ0) is 11.1. The second-order valence-electron chi connectivity index (χ2n) is 3.70. The topological polar surface area (TPSA) is 39.4 Å². The Kier molecular flexibility index (Phi) is 1.43. The van der Waals surface area contributed by atoms with Gasteiger partial charge in [-0.05, 0) is 24.6 Å². The first-order chi connectivity index (χ1) is 7.76. The smallest absolute Gasteiger partial charge is 0.336 e. The van der Waals surface area contributed by atoms with Crippen LogP contribution in [0.15, 0.2) is 33.5 Å². The van der Waals surface area contributed by atoms with Crippen molar-refractivity contribution in [1.29, 1.82) is 0 Å². The lowest BCUT2D eigenvalue weighted by molar-refractivity contribution is 0.254. The number of hydrogen-bond donors (Lipinski definition) is 0. The molecule has 0 bridgehead atoms. The summed E-state index contributed by atoms with van der Waals surface area (Å²) in [5, 5.41) is 0.896. The van der Waals surface area contributed by atoms with Gasteiger partial charge in [0.05, 0.1) is 0 Å². The number of ether oxygens (including phenoxy) is 1. The Morgan fingerprint density at radius 2 is 2.40 bits per heavy atom. The molecular formula is C12H10O3. The van der Waals surface area contributed by atoms with Crippen LogP contribution in [0.4, 0.5) is 0 Å². The molecule has 1 aromatic carbocycles. The van der Waals surface area contributed by atoms with Crippen molar-refractivity contribution in [1.82, 2.24) is 0 Å². The van der Waals surface area contributed by atoms with Crippen molar-refractivity contribution in [2.75, 3.05) is 0 Å². The average Bonchev–Trinajstić information content (AvgIpc) is 2.67. The van der Waals surface area contributed by atoms with Crippen LogP contribution in [0.2, 0.25) is 0 Å². The van der Waals surface area contributed by atoms with Crippen molar-refractivity contribution in [3.63, 3.8) is 0 Å². The molecule has 0 aliphatic carbocycles. The Labute approximate surface area is 87.7 Å². The maximum atomic E-state index is 11.1. The molecule has 3 rings (SSSR count). The Bertz CT molecular complexity index is 603. The van der Waals surface area contributed by atoms with Crippen LogP contribution in [-0.2, 0) is 6.42 Å². The molecule has 0 fully saturated rings. The van der Waals surface area contributed by atoms with Gasteiger partial charge in [-0.2, -0.15) is 0 Å². The highest BCUT2D eigenvalue weighted by Gasteiger charge is 2.19. The molecule has 0 spiro atoms. The van der Waals surface area contributed by atoms with Crippen LogP contribution in [0.25, 0.3) is 11.0 Å². The van der Waals surface area contributed by atoms with Crippen LogP contribution >= 0.6 is 0 Å². The molecule has 3 heteroatoms. The van der Waals surface area contributed by atoms with Gasteiger partial charge in [0.2, 0.25) is 0 Å². The quantitative estimate of drug-likeness (QED) is 0.617. The standard InChI is InChI=1S/C12H10O3/c1-7-4-9-5-8-2-3-12(13)15-10(8)6-11(9)14-7/h2-3,5-7H,4H2,1H3/i1T. The van der Waals surface area contributed by atoms with Gasteiger partial charge in [0, 0.05) is 25.3 Å². The highest BCUT2D eigenvalue weighted by atomic mass is 16.5. The van der Waals surface area contributed by atoms with Gasteiger partial charge in [-0.15, -0.1) is 0 Å². The number of benzene rings is 1. The van der Waals surface area contributed by atoms with Gasteiger partial charge in [-0.1, -0.05) is 0 Å². The summed E-state index contributed by atoms with van der Waals surface area (Å²) >= 11 is 0. The predicted molar refractivity (Wildman–Crippen MR) is 56.3 cm³/mol. The molecule has 1 aliphatic heterocycles. The lowest BCUT2D eigenvalue weighted by Gasteiger charge is -2.02. The molecule has 0 radical (unpaired) electrons. The molecular weight excluding hydrogens is 192 g/mol. The minimum absolute atomic E-state index is 0.0708. The normalized spacial score (nSPS) is 19.7. The van der Waals surface area contributed by atoms with E-state index < -0.39 is 0 Å². The van der Waals surface area contributed by atoms with E-state index in [0.29, 0.717) is 5.58 Å². The van der Waals surface area contributed by atoms with Crippen molar-refractivity contribution in [3.05, 3.63) is 40.2 Å². The molecule has 2 heterocycles. The summed E-state index contributed by atoms with van der Waals surface area (Å²) in [6.45, 7) is 0.245. The minimum Gasteiger partial charge on any atom is -0.490 e. The third kappa shape index (κ3) is 1.31. The lowest BCUT2D eigenvalue weighted by Crippen LogP contribution is -2.05. The monoisotopic (exact) mass is 204 g/mol. The van der Waals surface area contributed by atoms with E-state index in [1.165, 1.54) is 6.07 Å². The Morgan fingerprint density at radius 3 is 3.27 bits per heavy atom. The van der Waals surface area contributed by atoms with E-state index in [1.54, 1.807) is 12.1 Å². The molecule has 3 nitrogen and oxygen atoms in total. The summed E-state index contributed by atoms with van der Waals surface area (Å²) in [6.07, 6.45) is 0.687. The molecule has 15 heavy (non-hydrogen) atoms. The molecule has 0 saturated carbocycles. The maximum absolute atomic E-state index is 11.1. The molecule has 0 amide bonds. The fourth-order valence-corrected chi connectivity index (χ4v) is 1.88. The Balaban J connectivity index is 2.18. The molecule has 1 aromatic heterocycles. The SMILES string of the molecule is [3H]CC1Cc2cc3ccc(=O)oc3cc2O1. The van der Waals surface area contributed by atoms with E-state index in [-0.39, 0.29) is 18.6 Å². The number of hydrogen-bond acceptors (Lipinski definition) is 3. The van der Waals surface area contributed by atoms with Crippen molar-refractivity contribution in [2.24, 2.45) is 0 Å². The third-order valence-electron chi connectivity index (χ3n) is 2.54. The van der Waals surface area contributed by atoms with E-state index in [0.717, 1.165) is 23.1 Å². The van der Waals surface area contributed by atoms with Gasteiger partial charge in [0.25, 0.3) is 0 Å². The Hall–Kier alpha value is -1.77. The van der Waals surface area contributed by atoms with Gasteiger partial charge in [0.1, 0.15) is 17.4 Å². The molecule has 0 N–H and O–H groups in total. The van der Waals surface area contributed by atoms with Gasteiger partial charge in [0.15, 0.2) is 0 Å². The number of rotatable bonds is 0. The van der Waals surface area contributed by atoms with E-state index in [9.17, 15) is 4.79 Å². The largest absolute Gasteiger partial charge is 0.490 e. The minimum atomic E-state index is -0.359. The van der Waals surface area contributed by atoms with Crippen LogP contribution in [0, 0.1) is 0 Å². The average molecular weight is 204 g/mol. The molecule has 1 unspecified atom stereocenters. The fourth-order valence-electron chi connectivity index (χ4n) is 1.88. The first-order valence-electron chi connectivity index (χ1n) is 5.49. The summed E-state index contributed by atoms with van der Waals surface area (Å²) in [5.74, 6) is 0.735. The van der Waals surface area contributed by atoms with E-state index in [4.69, 9.17) is 10.5 Å². The van der Waals surface area contributed by atoms with Gasteiger partial charge >= 0.3 is 5.63 Å². The first-order valence-corrected chi connectivity index (χ1v) is 4.79. The van der Waals surface area contributed by atoms with Crippen molar-refractivity contribution in [2.45, 2.75) is 19.4 Å². The summed E-state index contributed by atoms with van der Waals surface area (Å²) in [7, 11) is 0. The van der Waals surface area contributed by atoms with Crippen LogP contribution in [-0.4, -0.2) is 6.10 Å². The molecule has 2 aromatic rings. The lowest BCUT2D eigenvalue weighted by atomic mass is 10.1. The van der Waals surface area contributed by atoms with E-state index in [2.05, 4.69) is 0 Å². The highest BCUT2D eigenvalue weighted by molar-refractivity contribution is 5.79. The predicted octanol–water partition coefficient (Wildman–Crippen LogP) is 2.12. The van der Waals surface area contributed by atoms with Gasteiger partial charge in [-0.3, -0.25) is 0 Å². The van der Waals surface area contributed by atoms with Gasteiger partial charge in [-0.25, -0.2) is 4.79 Å². The summed E-state index contributed by atoms with van der Waals surface area (Å²) in [4.78, 5) is 11.1. The van der Waals surface area contributed by atoms with Crippen LogP contribution in [0.5, 0.6) is 5.75 Å². The van der Waals surface area contributed by atoms with Crippen LogP contribution < -0.4 is 10.4 Å². The zero-order valence-corrected chi connectivity index (χ0v) is 8.03. The third-order valence-corrected chi connectivity index (χ3v) is 2.54. The van der Waals surface area contributed by atoms with Gasteiger partial charge < -0.3 is 9.15 Å². The van der Waals surface area contributed by atoms with Crippen molar-refractivity contribution in [3.8, 4) is 5.75 Å². The maximum Gasteiger partial charge on any atom is 0.336 e. The molecule has 1 atom stereocenters. The number of fused-ring (bicyclic) bond motifs is 2. The van der Waals surface area contributed by atoms with E-state index >= 15 is 0 Å². The second-order valence-corrected chi connectivity index (χ2v) is 3.70. The molecule has 0 saturated heterocycles. The summed E-state index contributed by atoms with van der Waals surface area (Å²) in [6, 6.07) is 6.85. The highest BCUT2D eigenvalue weighted by Crippen LogP contribution is 2.32.